The normalized spacial score (nSPS) is 29.5. The van der Waals surface area contributed by atoms with E-state index in [0.29, 0.717) is 5.92 Å². The van der Waals surface area contributed by atoms with Crippen molar-refractivity contribution in [3.8, 4) is 0 Å². The molecule has 106 valence electrons. The van der Waals surface area contributed by atoms with E-state index in [1.165, 1.54) is 16.7 Å². The highest BCUT2D eigenvalue weighted by Gasteiger charge is 2.32. The molecule has 1 aromatic carbocycles. The summed E-state index contributed by atoms with van der Waals surface area (Å²) in [5.41, 5.74) is 4.02. The summed E-state index contributed by atoms with van der Waals surface area (Å²) in [6, 6.07) is 8.77. The molecule has 0 amide bonds. The number of benzene rings is 1. The molecule has 0 bridgehead atoms. The average molecular weight is 277 g/mol. The molecule has 0 fully saturated rings. The lowest BCUT2D eigenvalue weighted by Gasteiger charge is -2.27. The Morgan fingerprint density at radius 3 is 3.05 bits per heavy atom. The van der Waals surface area contributed by atoms with Crippen LogP contribution in [0.5, 0.6) is 0 Å². The second kappa shape index (κ2) is 5.28. The molecular formula is C19H19NO. The number of nitrogens with one attached hydrogen (secondary N) is 1. The fourth-order valence-corrected chi connectivity index (χ4v) is 3.45. The molecule has 4 rings (SSSR count). The molecule has 2 aliphatic heterocycles. The smallest absolute Gasteiger partial charge is 0.195 e. The zero-order chi connectivity index (χ0) is 14.1. The third-order valence-electron chi connectivity index (χ3n) is 4.46. The van der Waals surface area contributed by atoms with Crippen molar-refractivity contribution in [3.63, 3.8) is 0 Å². The topological polar surface area (TPSA) is 21.3 Å². The van der Waals surface area contributed by atoms with Crippen molar-refractivity contribution in [1.29, 1.82) is 0 Å². The summed E-state index contributed by atoms with van der Waals surface area (Å²) in [6.07, 6.45) is 16.0. The van der Waals surface area contributed by atoms with E-state index in [2.05, 4.69) is 53.9 Å². The third-order valence-corrected chi connectivity index (χ3v) is 4.46. The van der Waals surface area contributed by atoms with Gasteiger partial charge in [0.05, 0.1) is 0 Å². The first-order valence-electron chi connectivity index (χ1n) is 7.67. The van der Waals surface area contributed by atoms with Gasteiger partial charge in [0.1, 0.15) is 6.10 Å². The summed E-state index contributed by atoms with van der Waals surface area (Å²) in [5.74, 6) is 1.36. The van der Waals surface area contributed by atoms with Gasteiger partial charge in [0.25, 0.3) is 0 Å². The minimum Gasteiger partial charge on any atom is -0.471 e. The summed E-state index contributed by atoms with van der Waals surface area (Å²) >= 11 is 0. The van der Waals surface area contributed by atoms with Gasteiger partial charge in [0.15, 0.2) is 5.88 Å². The lowest BCUT2D eigenvalue weighted by molar-refractivity contribution is 0.116. The number of allylic oxidation sites excluding steroid dienone is 5. The molecule has 2 heteroatoms. The Morgan fingerprint density at radius 2 is 2.05 bits per heavy atom. The molecule has 3 aliphatic rings. The highest BCUT2D eigenvalue weighted by atomic mass is 16.5. The van der Waals surface area contributed by atoms with Gasteiger partial charge in [-0.2, -0.15) is 0 Å². The van der Waals surface area contributed by atoms with Gasteiger partial charge in [0, 0.05) is 17.7 Å². The van der Waals surface area contributed by atoms with Gasteiger partial charge in [-0.1, -0.05) is 42.5 Å². The molecule has 1 aromatic rings. The van der Waals surface area contributed by atoms with Crippen molar-refractivity contribution in [2.24, 2.45) is 0 Å². The summed E-state index contributed by atoms with van der Waals surface area (Å²) in [7, 11) is 0. The molecule has 0 spiro atoms. The Hall–Kier alpha value is -2.22. The fourth-order valence-electron chi connectivity index (χ4n) is 3.45. The zero-order valence-electron chi connectivity index (χ0n) is 12.0. The van der Waals surface area contributed by atoms with E-state index < -0.39 is 0 Å². The molecule has 1 aliphatic carbocycles. The van der Waals surface area contributed by atoms with Crippen molar-refractivity contribution < 1.29 is 4.74 Å². The van der Waals surface area contributed by atoms with Crippen LogP contribution in [0.25, 0.3) is 5.57 Å². The molecule has 2 nitrogen and oxygen atoms in total. The van der Waals surface area contributed by atoms with E-state index in [1.807, 2.05) is 12.3 Å². The SMILES string of the molecule is C1=CC2OC3=C(C/C=C\C=C/N3)c3ccccc3C2CC1. The van der Waals surface area contributed by atoms with Crippen LogP contribution in [0.4, 0.5) is 0 Å². The number of ether oxygens (including phenoxy) is 1. The molecule has 0 radical (unpaired) electrons. The maximum Gasteiger partial charge on any atom is 0.195 e. The second-order valence-corrected chi connectivity index (χ2v) is 5.73. The first kappa shape index (κ1) is 12.5. The second-order valence-electron chi connectivity index (χ2n) is 5.73. The van der Waals surface area contributed by atoms with Crippen LogP contribution in [0.3, 0.4) is 0 Å². The standard InChI is InChI=1S/C19H19NO/c1-2-11-17-15-9-4-3-8-14(15)16-10-5-6-12-18(16)21-19(17)20-13-7-1/h1-4,6-9,12-13,16,18,20H,5,10-11H2/b2-1-,13-7-. The highest BCUT2D eigenvalue weighted by Crippen LogP contribution is 2.41. The first-order chi connectivity index (χ1) is 10.4. The summed E-state index contributed by atoms with van der Waals surface area (Å²) in [5, 5.41) is 3.33. The minimum absolute atomic E-state index is 0.136. The molecule has 0 saturated carbocycles. The lowest BCUT2D eigenvalue weighted by atomic mass is 9.82. The lowest BCUT2D eigenvalue weighted by Crippen LogP contribution is -2.24. The van der Waals surface area contributed by atoms with Crippen LogP contribution in [0.15, 0.2) is 66.7 Å². The summed E-state index contributed by atoms with van der Waals surface area (Å²) < 4.78 is 6.33. The maximum absolute atomic E-state index is 6.33. The Balaban J connectivity index is 1.89. The van der Waals surface area contributed by atoms with Gasteiger partial charge in [-0.3, -0.25) is 0 Å². The Bertz CT molecular complexity index is 666. The van der Waals surface area contributed by atoms with E-state index in [0.717, 1.165) is 25.1 Å². The Labute approximate surface area is 125 Å². The van der Waals surface area contributed by atoms with E-state index in [1.54, 1.807) is 0 Å². The van der Waals surface area contributed by atoms with Crippen molar-refractivity contribution in [1.82, 2.24) is 5.32 Å². The Morgan fingerprint density at radius 1 is 1.10 bits per heavy atom. The number of rotatable bonds is 0. The van der Waals surface area contributed by atoms with Crippen LogP contribution in [-0.2, 0) is 4.74 Å². The van der Waals surface area contributed by atoms with Crippen LogP contribution in [0, 0.1) is 0 Å². The zero-order valence-corrected chi connectivity index (χ0v) is 12.0. The van der Waals surface area contributed by atoms with Crippen LogP contribution < -0.4 is 5.32 Å². The van der Waals surface area contributed by atoms with Crippen molar-refractivity contribution in [2.75, 3.05) is 0 Å². The predicted octanol–water partition coefficient (Wildman–Crippen LogP) is 4.25. The Kier molecular flexibility index (Phi) is 3.15. The monoisotopic (exact) mass is 277 g/mol. The van der Waals surface area contributed by atoms with E-state index >= 15 is 0 Å². The average Bonchev–Trinajstić information content (AvgIpc) is 2.63. The quantitative estimate of drug-likeness (QED) is 0.716. The molecule has 2 heterocycles. The van der Waals surface area contributed by atoms with Crippen LogP contribution in [-0.4, -0.2) is 6.10 Å². The largest absolute Gasteiger partial charge is 0.471 e. The van der Waals surface area contributed by atoms with Crippen molar-refractivity contribution in [3.05, 3.63) is 77.9 Å². The summed E-state index contributed by atoms with van der Waals surface area (Å²) in [6.45, 7) is 0. The maximum atomic E-state index is 6.33. The molecule has 21 heavy (non-hydrogen) atoms. The van der Waals surface area contributed by atoms with Gasteiger partial charge < -0.3 is 10.1 Å². The molecule has 2 atom stereocenters. The van der Waals surface area contributed by atoms with Gasteiger partial charge >= 0.3 is 0 Å². The molecule has 0 aromatic heterocycles. The minimum atomic E-state index is 0.136. The van der Waals surface area contributed by atoms with Gasteiger partial charge in [0.2, 0.25) is 0 Å². The van der Waals surface area contributed by atoms with E-state index in [-0.39, 0.29) is 6.10 Å². The van der Waals surface area contributed by atoms with Crippen LogP contribution in [0.2, 0.25) is 0 Å². The molecule has 0 saturated heterocycles. The first-order valence-corrected chi connectivity index (χ1v) is 7.67. The molecular weight excluding hydrogens is 258 g/mol. The molecule has 2 unspecified atom stereocenters. The fraction of sp³-hybridized carbons (Fsp3) is 0.263. The molecule has 1 N–H and O–H groups in total. The van der Waals surface area contributed by atoms with Crippen molar-refractivity contribution in [2.45, 2.75) is 31.3 Å². The van der Waals surface area contributed by atoms with Crippen LogP contribution in [0.1, 0.15) is 36.3 Å². The van der Waals surface area contributed by atoms with Gasteiger partial charge in [-0.15, -0.1) is 0 Å². The van der Waals surface area contributed by atoms with E-state index in [4.69, 9.17) is 4.74 Å². The summed E-state index contributed by atoms with van der Waals surface area (Å²) in [4.78, 5) is 0. The number of fused-ring (bicyclic) bond motifs is 4. The number of hydrogen-bond acceptors (Lipinski definition) is 2. The predicted molar refractivity (Wildman–Crippen MR) is 85.4 cm³/mol. The van der Waals surface area contributed by atoms with Gasteiger partial charge in [-0.25, -0.2) is 0 Å². The van der Waals surface area contributed by atoms with Crippen molar-refractivity contribution >= 4 is 5.57 Å². The van der Waals surface area contributed by atoms with Crippen LogP contribution >= 0.6 is 0 Å². The van der Waals surface area contributed by atoms with Gasteiger partial charge in [-0.05, 0) is 42.5 Å². The van der Waals surface area contributed by atoms with E-state index in [9.17, 15) is 0 Å². The third kappa shape index (κ3) is 2.21. The highest BCUT2D eigenvalue weighted by molar-refractivity contribution is 5.72. The number of hydrogen-bond donors (Lipinski definition) is 1.